The molecule has 4 aromatic rings. The molecule has 0 atom stereocenters. The number of nitrogens with one attached hydrogen (secondary N) is 1. The van der Waals surface area contributed by atoms with Gasteiger partial charge in [0.15, 0.2) is 5.65 Å². The van der Waals surface area contributed by atoms with Gasteiger partial charge in [0.2, 0.25) is 5.91 Å². The van der Waals surface area contributed by atoms with Crippen LogP contribution in [0.15, 0.2) is 77.7 Å². The largest absolute Gasteiger partial charge is 0.354 e. The van der Waals surface area contributed by atoms with E-state index in [1.165, 1.54) is 12.1 Å². The smallest absolute Gasteiger partial charge is 0.330 e. The number of hydrogen-bond acceptors (Lipinski definition) is 3. The number of pyridine rings is 1. The maximum absolute atomic E-state index is 13.3. The highest BCUT2D eigenvalue weighted by Gasteiger charge is 2.14. The van der Waals surface area contributed by atoms with Crippen molar-refractivity contribution in [1.82, 2.24) is 19.4 Å². The Morgan fingerprint density at radius 1 is 0.967 bits per heavy atom. The van der Waals surface area contributed by atoms with Gasteiger partial charge in [0.1, 0.15) is 5.82 Å². The molecule has 6 nitrogen and oxygen atoms in total. The van der Waals surface area contributed by atoms with E-state index in [1.54, 1.807) is 33.5 Å². The Morgan fingerprint density at radius 2 is 1.77 bits per heavy atom. The van der Waals surface area contributed by atoms with Gasteiger partial charge in [-0.2, -0.15) is 0 Å². The van der Waals surface area contributed by atoms with Crippen molar-refractivity contribution in [2.45, 2.75) is 19.5 Å². The van der Waals surface area contributed by atoms with Crippen LogP contribution in [0.1, 0.15) is 11.1 Å². The van der Waals surface area contributed by atoms with E-state index in [2.05, 4.69) is 10.3 Å². The van der Waals surface area contributed by atoms with Crippen molar-refractivity contribution in [3.8, 4) is 0 Å². The lowest BCUT2D eigenvalue weighted by Crippen LogP contribution is -2.32. The van der Waals surface area contributed by atoms with Gasteiger partial charge in [-0.25, -0.2) is 14.2 Å². The molecule has 0 saturated heterocycles. The third-order valence-corrected chi connectivity index (χ3v) is 4.87. The minimum atomic E-state index is -0.371. The topological polar surface area (TPSA) is 68.9 Å². The summed E-state index contributed by atoms with van der Waals surface area (Å²) in [6.07, 6.45) is 1.73. The monoisotopic (exact) mass is 404 g/mol. The highest BCUT2D eigenvalue weighted by molar-refractivity contribution is 5.78. The van der Waals surface area contributed by atoms with E-state index in [9.17, 15) is 14.0 Å². The molecule has 2 aromatic heterocycles. The zero-order valence-electron chi connectivity index (χ0n) is 16.3. The van der Waals surface area contributed by atoms with Gasteiger partial charge in [-0.15, -0.1) is 0 Å². The number of nitrogens with zero attached hydrogens (tertiary/aromatic N) is 3. The zero-order valence-corrected chi connectivity index (χ0v) is 16.3. The molecule has 1 amide bonds. The van der Waals surface area contributed by atoms with E-state index in [0.29, 0.717) is 24.3 Å². The van der Waals surface area contributed by atoms with Crippen molar-refractivity contribution in [3.05, 3.63) is 100 Å². The Labute approximate surface area is 172 Å². The molecule has 2 heterocycles. The van der Waals surface area contributed by atoms with Crippen LogP contribution < -0.4 is 11.0 Å². The molecule has 0 aliphatic rings. The molecule has 0 bridgehead atoms. The second kappa shape index (κ2) is 8.73. The van der Waals surface area contributed by atoms with Crippen molar-refractivity contribution >= 4 is 17.1 Å². The van der Waals surface area contributed by atoms with Crippen molar-refractivity contribution < 1.29 is 9.18 Å². The van der Waals surface area contributed by atoms with E-state index < -0.39 is 0 Å². The van der Waals surface area contributed by atoms with Gasteiger partial charge in [0.05, 0.1) is 18.5 Å². The number of carbonyl (C=O) groups excluding carboxylic acids is 1. The molecule has 0 aliphatic carbocycles. The van der Waals surface area contributed by atoms with Crippen LogP contribution in [0.3, 0.4) is 0 Å². The molecule has 4 rings (SSSR count). The number of fused-ring (bicyclic) bond motifs is 1. The first-order valence-corrected chi connectivity index (χ1v) is 9.71. The summed E-state index contributed by atoms with van der Waals surface area (Å²) < 4.78 is 16.5. The third-order valence-electron chi connectivity index (χ3n) is 4.87. The fourth-order valence-corrected chi connectivity index (χ4v) is 3.47. The van der Waals surface area contributed by atoms with Crippen LogP contribution in [0.5, 0.6) is 0 Å². The first-order chi connectivity index (χ1) is 14.6. The highest BCUT2D eigenvalue weighted by atomic mass is 19.1. The summed E-state index contributed by atoms with van der Waals surface area (Å²) in [5.41, 5.74) is 2.78. The summed E-state index contributed by atoms with van der Waals surface area (Å²) in [5.74, 6) is -0.598. The zero-order chi connectivity index (χ0) is 20.9. The first kappa shape index (κ1) is 19.6. The lowest BCUT2D eigenvalue weighted by molar-refractivity contribution is -0.120. The summed E-state index contributed by atoms with van der Waals surface area (Å²) in [7, 11) is 0. The predicted octanol–water partition coefficient (Wildman–Crippen LogP) is 2.74. The van der Waals surface area contributed by atoms with Crippen molar-refractivity contribution in [1.29, 1.82) is 0 Å². The second-order valence-electron chi connectivity index (χ2n) is 7.01. The lowest BCUT2D eigenvalue weighted by atomic mass is 10.1. The first-order valence-electron chi connectivity index (χ1n) is 9.71. The summed E-state index contributed by atoms with van der Waals surface area (Å²) in [6.45, 7) is 1.01. The molecule has 0 aliphatic heterocycles. The van der Waals surface area contributed by atoms with Crippen molar-refractivity contribution in [3.63, 3.8) is 0 Å². The van der Waals surface area contributed by atoms with Gasteiger partial charge in [-0.05, 0) is 35.4 Å². The number of carbonyl (C=O) groups is 1. The van der Waals surface area contributed by atoms with Gasteiger partial charge in [-0.3, -0.25) is 13.9 Å². The number of rotatable bonds is 7. The number of amides is 1. The van der Waals surface area contributed by atoms with Crippen LogP contribution in [0, 0.1) is 5.82 Å². The predicted molar refractivity (Wildman–Crippen MR) is 113 cm³/mol. The summed E-state index contributed by atoms with van der Waals surface area (Å²) in [4.78, 5) is 29.6. The van der Waals surface area contributed by atoms with Gasteiger partial charge in [0, 0.05) is 19.3 Å². The van der Waals surface area contributed by atoms with E-state index in [0.717, 1.165) is 11.1 Å². The Balaban J connectivity index is 1.48. The molecule has 0 saturated carbocycles. The summed E-state index contributed by atoms with van der Waals surface area (Å²) >= 11 is 0. The maximum atomic E-state index is 13.3. The number of imidazole rings is 1. The normalized spacial score (nSPS) is 11.0. The number of halogens is 1. The molecule has 0 spiro atoms. The SMILES string of the molecule is O=C(Cc1cccc(F)c1)NCCn1c(=O)n(Cc2ccccc2)c2cccnc21. The average molecular weight is 404 g/mol. The maximum Gasteiger partial charge on any atom is 0.330 e. The Morgan fingerprint density at radius 3 is 2.57 bits per heavy atom. The van der Waals surface area contributed by atoms with Crippen LogP contribution in [-0.2, 0) is 24.3 Å². The van der Waals surface area contributed by atoms with Crippen LogP contribution in [-0.4, -0.2) is 26.6 Å². The molecule has 2 aromatic carbocycles. The molecular formula is C23H21FN4O2. The Bertz CT molecular complexity index is 1230. The molecule has 1 N–H and O–H groups in total. The van der Waals surface area contributed by atoms with Gasteiger partial charge < -0.3 is 5.32 Å². The standard InChI is InChI=1S/C23H21FN4O2/c24-19-9-4-8-18(14-19)15-21(29)25-12-13-27-22-20(10-5-11-26-22)28(23(27)30)16-17-6-2-1-3-7-17/h1-11,14H,12-13,15-16H2,(H,25,29). The van der Waals surface area contributed by atoms with Crippen LogP contribution >= 0.6 is 0 Å². The van der Waals surface area contributed by atoms with Gasteiger partial charge >= 0.3 is 5.69 Å². The quantitative estimate of drug-likeness (QED) is 0.515. The average Bonchev–Trinajstić information content (AvgIpc) is 3.00. The second-order valence-corrected chi connectivity index (χ2v) is 7.01. The molecule has 0 fully saturated rings. The van der Waals surface area contributed by atoms with Crippen molar-refractivity contribution in [2.75, 3.05) is 6.54 Å². The molecule has 0 unspecified atom stereocenters. The summed E-state index contributed by atoms with van der Waals surface area (Å²) in [5, 5.41) is 2.79. The third kappa shape index (κ3) is 4.30. The van der Waals surface area contributed by atoms with E-state index in [1.807, 2.05) is 36.4 Å². The van der Waals surface area contributed by atoms with E-state index in [-0.39, 0.29) is 30.4 Å². The Kier molecular flexibility index (Phi) is 5.70. The summed E-state index contributed by atoms with van der Waals surface area (Å²) in [6, 6.07) is 19.4. The minimum Gasteiger partial charge on any atom is -0.354 e. The number of benzene rings is 2. The number of aromatic nitrogens is 3. The Hall–Kier alpha value is -3.74. The van der Waals surface area contributed by atoms with Crippen LogP contribution in [0.2, 0.25) is 0 Å². The highest BCUT2D eigenvalue weighted by Crippen LogP contribution is 2.12. The molecule has 7 heteroatoms. The molecule has 30 heavy (non-hydrogen) atoms. The molecule has 0 radical (unpaired) electrons. The van der Waals surface area contributed by atoms with E-state index >= 15 is 0 Å². The lowest BCUT2D eigenvalue weighted by Gasteiger charge is -2.06. The minimum absolute atomic E-state index is 0.0840. The molecule has 152 valence electrons. The van der Waals surface area contributed by atoms with Crippen LogP contribution in [0.25, 0.3) is 11.2 Å². The fraction of sp³-hybridized carbons (Fsp3) is 0.174. The number of hydrogen-bond donors (Lipinski definition) is 1. The fourth-order valence-electron chi connectivity index (χ4n) is 3.47. The van der Waals surface area contributed by atoms with E-state index in [4.69, 9.17) is 0 Å². The molecular weight excluding hydrogens is 383 g/mol. The van der Waals surface area contributed by atoms with Crippen molar-refractivity contribution in [2.24, 2.45) is 0 Å². The van der Waals surface area contributed by atoms with Crippen LogP contribution in [0.4, 0.5) is 4.39 Å². The van der Waals surface area contributed by atoms with Gasteiger partial charge in [-0.1, -0.05) is 42.5 Å². The van der Waals surface area contributed by atoms with Gasteiger partial charge in [0.25, 0.3) is 0 Å².